The maximum absolute atomic E-state index is 12.3. The Kier molecular flexibility index (Phi) is 6.16. The summed E-state index contributed by atoms with van der Waals surface area (Å²) in [6.45, 7) is 3.92. The van der Waals surface area contributed by atoms with E-state index in [0.29, 0.717) is 26.2 Å². The van der Waals surface area contributed by atoms with Crippen LogP contribution in [0.3, 0.4) is 0 Å². The molecule has 2 fully saturated rings. The van der Waals surface area contributed by atoms with Gasteiger partial charge in [0.1, 0.15) is 18.4 Å². The zero-order chi connectivity index (χ0) is 19.2. The minimum absolute atomic E-state index is 0.0400. The number of carbonyl (C=O) groups is 3. The van der Waals surface area contributed by atoms with E-state index >= 15 is 0 Å². The summed E-state index contributed by atoms with van der Waals surface area (Å²) in [7, 11) is 0. The number of fused-ring (bicyclic) bond motifs is 1. The number of benzene rings is 1. The number of hydrogen-bond acceptors (Lipinski definition) is 4. The van der Waals surface area contributed by atoms with E-state index < -0.39 is 6.04 Å². The molecule has 146 valence electrons. The molecule has 2 saturated heterocycles. The summed E-state index contributed by atoms with van der Waals surface area (Å²) in [4.78, 5) is 39.2. The normalized spacial score (nSPS) is 19.4. The molecule has 1 atom stereocenters. The maximum atomic E-state index is 12.3. The number of hydrogen-bond donors (Lipinski definition) is 2. The summed E-state index contributed by atoms with van der Waals surface area (Å²) in [5, 5.41) is 5.37. The average Bonchev–Trinajstić information content (AvgIpc) is 2.69. The largest absolute Gasteiger partial charge is 0.492 e. The van der Waals surface area contributed by atoms with Gasteiger partial charge in [-0.05, 0) is 24.1 Å². The predicted octanol–water partition coefficient (Wildman–Crippen LogP) is 0.370. The molecule has 0 bridgehead atoms. The fraction of sp³-hybridized carbons (Fsp3) is 0.526. The van der Waals surface area contributed by atoms with Gasteiger partial charge in [0.05, 0.1) is 19.6 Å². The van der Waals surface area contributed by atoms with Crippen molar-refractivity contribution in [3.05, 3.63) is 29.8 Å². The van der Waals surface area contributed by atoms with Gasteiger partial charge in [-0.2, -0.15) is 0 Å². The number of ether oxygens (including phenoxy) is 1. The van der Waals surface area contributed by atoms with E-state index in [2.05, 4.69) is 17.6 Å². The highest BCUT2D eigenvalue weighted by atomic mass is 16.5. The van der Waals surface area contributed by atoms with Crippen LogP contribution < -0.4 is 15.4 Å². The van der Waals surface area contributed by atoms with Crippen molar-refractivity contribution in [3.63, 3.8) is 0 Å². The van der Waals surface area contributed by atoms with Crippen LogP contribution in [0.1, 0.15) is 18.9 Å². The summed E-state index contributed by atoms with van der Waals surface area (Å²) < 4.78 is 5.64. The average molecular weight is 374 g/mol. The summed E-state index contributed by atoms with van der Waals surface area (Å²) in [6.07, 6.45) is 2.16. The summed E-state index contributed by atoms with van der Waals surface area (Å²) in [5.74, 6) is 0.468. The van der Waals surface area contributed by atoms with Crippen molar-refractivity contribution in [1.82, 2.24) is 20.4 Å². The van der Waals surface area contributed by atoms with Gasteiger partial charge in [0, 0.05) is 13.1 Å². The molecule has 2 heterocycles. The highest BCUT2D eigenvalue weighted by Gasteiger charge is 2.39. The Morgan fingerprint density at radius 3 is 2.78 bits per heavy atom. The molecule has 0 saturated carbocycles. The first-order chi connectivity index (χ1) is 13.1. The molecule has 0 spiro atoms. The molecule has 3 rings (SSSR count). The van der Waals surface area contributed by atoms with Crippen LogP contribution in [-0.2, 0) is 16.0 Å². The third-order valence-electron chi connectivity index (χ3n) is 4.81. The van der Waals surface area contributed by atoms with E-state index in [1.807, 2.05) is 24.3 Å². The first kappa shape index (κ1) is 19.0. The SMILES string of the molecule is CCCc1ccc(OCCNC(=O)N2CCN3C(=O)CNC(=O)[C@@H]3C2)cc1. The Hall–Kier alpha value is -2.77. The predicted molar refractivity (Wildman–Crippen MR) is 99.4 cm³/mol. The van der Waals surface area contributed by atoms with Crippen LogP contribution in [0.15, 0.2) is 24.3 Å². The Morgan fingerprint density at radius 2 is 2.04 bits per heavy atom. The number of aryl methyl sites for hydroxylation is 1. The van der Waals surface area contributed by atoms with Crippen molar-refractivity contribution >= 4 is 17.8 Å². The molecule has 1 aromatic carbocycles. The number of nitrogens with zero attached hydrogens (tertiary/aromatic N) is 2. The van der Waals surface area contributed by atoms with Crippen LogP contribution in [0.2, 0.25) is 0 Å². The maximum Gasteiger partial charge on any atom is 0.317 e. The Bertz CT molecular complexity index is 691. The van der Waals surface area contributed by atoms with E-state index in [-0.39, 0.29) is 30.9 Å². The monoisotopic (exact) mass is 374 g/mol. The first-order valence-corrected chi connectivity index (χ1v) is 9.40. The fourth-order valence-electron chi connectivity index (χ4n) is 3.35. The molecule has 27 heavy (non-hydrogen) atoms. The molecule has 0 radical (unpaired) electrons. The number of rotatable bonds is 6. The van der Waals surface area contributed by atoms with Crippen molar-refractivity contribution in [2.24, 2.45) is 0 Å². The molecule has 0 aliphatic carbocycles. The van der Waals surface area contributed by atoms with Gasteiger partial charge >= 0.3 is 6.03 Å². The third kappa shape index (κ3) is 4.69. The van der Waals surface area contributed by atoms with Crippen molar-refractivity contribution < 1.29 is 19.1 Å². The van der Waals surface area contributed by atoms with Gasteiger partial charge in [0.15, 0.2) is 0 Å². The van der Waals surface area contributed by atoms with Gasteiger partial charge < -0.3 is 25.2 Å². The molecule has 2 aliphatic rings. The molecule has 2 aliphatic heterocycles. The van der Waals surface area contributed by atoms with E-state index in [1.54, 1.807) is 9.80 Å². The van der Waals surface area contributed by atoms with Crippen molar-refractivity contribution in [2.75, 3.05) is 39.3 Å². The second-order valence-corrected chi connectivity index (χ2v) is 6.74. The molecule has 2 N–H and O–H groups in total. The van der Waals surface area contributed by atoms with Crippen LogP contribution in [0, 0.1) is 0 Å². The van der Waals surface area contributed by atoms with Gasteiger partial charge in [0.25, 0.3) is 0 Å². The standard InChI is InChI=1S/C19H26N4O4/c1-2-3-14-4-6-15(7-5-14)27-11-8-20-19(26)22-9-10-23-16(13-22)18(25)21-12-17(23)24/h4-7,16H,2-3,8-13H2,1H3,(H,20,26)(H,21,25)/t16-/m0/s1. The second kappa shape index (κ2) is 8.75. The van der Waals surface area contributed by atoms with Crippen LogP contribution in [0.5, 0.6) is 5.75 Å². The summed E-state index contributed by atoms with van der Waals surface area (Å²) >= 11 is 0. The van der Waals surface area contributed by atoms with Crippen molar-refractivity contribution in [2.45, 2.75) is 25.8 Å². The van der Waals surface area contributed by atoms with Gasteiger partial charge in [-0.15, -0.1) is 0 Å². The van der Waals surface area contributed by atoms with Crippen LogP contribution >= 0.6 is 0 Å². The number of amides is 4. The quantitative estimate of drug-likeness (QED) is 0.704. The minimum Gasteiger partial charge on any atom is -0.492 e. The van der Waals surface area contributed by atoms with Crippen LogP contribution in [0.4, 0.5) is 4.79 Å². The highest BCUT2D eigenvalue weighted by Crippen LogP contribution is 2.14. The molecule has 0 unspecified atom stereocenters. The topological polar surface area (TPSA) is 91.0 Å². The fourth-order valence-corrected chi connectivity index (χ4v) is 3.35. The number of nitrogens with one attached hydrogen (secondary N) is 2. The van der Waals surface area contributed by atoms with E-state index in [4.69, 9.17) is 4.74 Å². The zero-order valence-electron chi connectivity index (χ0n) is 15.6. The van der Waals surface area contributed by atoms with Gasteiger partial charge in [-0.1, -0.05) is 25.5 Å². The van der Waals surface area contributed by atoms with Gasteiger partial charge in [0.2, 0.25) is 11.8 Å². The molecular weight excluding hydrogens is 348 g/mol. The summed E-state index contributed by atoms with van der Waals surface area (Å²) in [5.41, 5.74) is 1.28. The second-order valence-electron chi connectivity index (χ2n) is 6.74. The minimum atomic E-state index is -0.594. The molecule has 4 amide bonds. The third-order valence-corrected chi connectivity index (χ3v) is 4.81. The van der Waals surface area contributed by atoms with Crippen molar-refractivity contribution in [1.29, 1.82) is 0 Å². The molecule has 8 heteroatoms. The first-order valence-electron chi connectivity index (χ1n) is 9.40. The highest BCUT2D eigenvalue weighted by molar-refractivity contribution is 5.95. The molecule has 1 aromatic rings. The Labute approximate surface area is 158 Å². The molecular formula is C19H26N4O4. The van der Waals surface area contributed by atoms with Crippen molar-refractivity contribution in [3.8, 4) is 5.75 Å². The lowest BCUT2D eigenvalue weighted by molar-refractivity contribution is -0.148. The van der Waals surface area contributed by atoms with Gasteiger partial charge in [-0.3, -0.25) is 9.59 Å². The smallest absolute Gasteiger partial charge is 0.317 e. The Morgan fingerprint density at radius 1 is 1.26 bits per heavy atom. The number of piperazine rings is 2. The zero-order valence-corrected chi connectivity index (χ0v) is 15.6. The lowest BCUT2D eigenvalue weighted by atomic mass is 10.1. The molecule has 8 nitrogen and oxygen atoms in total. The molecule has 0 aromatic heterocycles. The lowest BCUT2D eigenvalue weighted by Crippen LogP contribution is -2.67. The van der Waals surface area contributed by atoms with E-state index in [9.17, 15) is 14.4 Å². The number of carbonyl (C=O) groups excluding carboxylic acids is 3. The van der Waals surface area contributed by atoms with Gasteiger partial charge in [-0.25, -0.2) is 4.79 Å². The lowest BCUT2D eigenvalue weighted by Gasteiger charge is -2.42. The van der Waals surface area contributed by atoms with Crippen LogP contribution in [-0.4, -0.2) is 73.0 Å². The van der Waals surface area contributed by atoms with Crippen LogP contribution in [0.25, 0.3) is 0 Å². The number of urea groups is 1. The summed E-state index contributed by atoms with van der Waals surface area (Å²) in [6, 6.07) is 7.13. The Balaban J connectivity index is 1.40. The van der Waals surface area contributed by atoms with E-state index in [0.717, 1.165) is 18.6 Å². The van der Waals surface area contributed by atoms with E-state index in [1.165, 1.54) is 5.56 Å².